The molecule has 0 aliphatic carbocycles. The lowest BCUT2D eigenvalue weighted by Crippen LogP contribution is -2.29. The highest BCUT2D eigenvalue weighted by atomic mass is 32.2. The van der Waals surface area contributed by atoms with Crippen molar-refractivity contribution in [2.45, 2.75) is 37.8 Å². The summed E-state index contributed by atoms with van der Waals surface area (Å²) in [5.41, 5.74) is -0.254. The Morgan fingerprint density at radius 1 is 1.33 bits per heavy atom. The van der Waals surface area contributed by atoms with E-state index >= 15 is 0 Å². The number of hydrogen-bond acceptors (Lipinski definition) is 6. The van der Waals surface area contributed by atoms with Gasteiger partial charge in [-0.3, -0.25) is 4.79 Å². The molecule has 0 fully saturated rings. The highest BCUT2D eigenvalue weighted by Gasteiger charge is 2.25. The van der Waals surface area contributed by atoms with Gasteiger partial charge in [0.05, 0.1) is 13.5 Å². The maximum absolute atomic E-state index is 12.1. The van der Waals surface area contributed by atoms with E-state index in [4.69, 9.17) is 0 Å². The lowest BCUT2D eigenvalue weighted by molar-refractivity contribution is -0.140. The predicted octanol–water partition coefficient (Wildman–Crippen LogP) is 1.76. The van der Waals surface area contributed by atoms with Crippen LogP contribution < -0.4 is 0 Å². The van der Waals surface area contributed by atoms with E-state index in [9.17, 15) is 9.59 Å². The topological polar surface area (TPSA) is 77.3 Å². The van der Waals surface area contributed by atoms with Crippen molar-refractivity contribution < 1.29 is 14.3 Å². The number of aromatic nitrogens is 3. The zero-order valence-corrected chi connectivity index (χ0v) is 14.2. The quantitative estimate of drug-likeness (QED) is 0.622. The van der Waals surface area contributed by atoms with Crippen LogP contribution in [0.5, 0.6) is 0 Å². The smallest absolute Gasteiger partial charge is 0.346 e. The molecule has 1 heterocycles. The lowest BCUT2D eigenvalue weighted by atomic mass is 9.96. The third-order valence-electron chi connectivity index (χ3n) is 2.58. The van der Waals surface area contributed by atoms with E-state index in [-0.39, 0.29) is 23.8 Å². The molecule has 0 bridgehead atoms. The highest BCUT2D eigenvalue weighted by molar-refractivity contribution is 7.99. The van der Waals surface area contributed by atoms with Gasteiger partial charge in [0.25, 0.3) is 0 Å². The van der Waals surface area contributed by atoms with Gasteiger partial charge in [0.15, 0.2) is 11.0 Å². The number of carbonyl (C=O) groups excluding carboxylic acids is 2. The first-order valence-corrected chi connectivity index (χ1v) is 7.54. The molecule has 0 aromatic carbocycles. The van der Waals surface area contributed by atoms with Gasteiger partial charge in [0.1, 0.15) is 0 Å². The fourth-order valence-corrected chi connectivity index (χ4v) is 2.19. The number of thioether (sulfide) groups is 1. The van der Waals surface area contributed by atoms with Crippen LogP contribution in [0.2, 0.25) is 0 Å². The number of methoxy groups -OCH3 is 1. The second-order valence-electron chi connectivity index (χ2n) is 5.73. The number of nitrogens with zero attached hydrogens (tertiary/aromatic N) is 4. The van der Waals surface area contributed by atoms with Gasteiger partial charge in [-0.15, -0.1) is 5.10 Å². The van der Waals surface area contributed by atoms with Crippen LogP contribution in [0.4, 0.5) is 4.79 Å². The molecule has 21 heavy (non-hydrogen) atoms. The Kier molecular flexibility index (Phi) is 5.77. The zero-order valence-electron chi connectivity index (χ0n) is 13.3. The fourth-order valence-electron chi connectivity index (χ4n) is 1.35. The van der Waals surface area contributed by atoms with Gasteiger partial charge in [0, 0.05) is 25.3 Å². The maximum atomic E-state index is 12.1. The third-order valence-corrected chi connectivity index (χ3v) is 3.51. The summed E-state index contributed by atoms with van der Waals surface area (Å²) < 4.78 is 5.87. The number of esters is 1. The number of carbonyl (C=O) groups is 2. The van der Waals surface area contributed by atoms with Crippen LogP contribution in [0.1, 0.15) is 33.0 Å². The molecule has 0 saturated carbocycles. The molecular formula is C13H22N4O3S. The molecule has 0 atom stereocenters. The number of rotatable bonds is 4. The Bertz CT molecular complexity index is 520. The minimum absolute atomic E-state index is 0.254. The maximum Gasteiger partial charge on any atom is 0.346 e. The van der Waals surface area contributed by atoms with Crippen molar-refractivity contribution >= 4 is 23.8 Å². The van der Waals surface area contributed by atoms with Gasteiger partial charge >= 0.3 is 12.0 Å². The summed E-state index contributed by atoms with van der Waals surface area (Å²) in [6, 6.07) is -0.265. The standard InChI is InChI=1S/C13H22N4O3S/c1-13(2,3)10-14-11(21-8-7-9(18)20-6)17(15-10)12(19)16(4)5/h7-8H2,1-6H3. The van der Waals surface area contributed by atoms with Crippen LogP contribution in [0.25, 0.3) is 0 Å². The van der Waals surface area contributed by atoms with Crippen LogP contribution in [-0.4, -0.2) is 58.6 Å². The van der Waals surface area contributed by atoms with Crippen molar-refractivity contribution in [1.29, 1.82) is 0 Å². The van der Waals surface area contributed by atoms with Crippen molar-refractivity contribution in [1.82, 2.24) is 19.7 Å². The Hall–Kier alpha value is -1.57. The van der Waals surface area contributed by atoms with Crippen LogP contribution in [0, 0.1) is 0 Å². The summed E-state index contributed by atoms with van der Waals surface area (Å²) in [7, 11) is 4.66. The molecule has 1 aromatic heterocycles. The summed E-state index contributed by atoms with van der Waals surface area (Å²) in [4.78, 5) is 29.1. The number of amides is 1. The molecule has 1 rings (SSSR count). The van der Waals surface area contributed by atoms with Gasteiger partial charge < -0.3 is 9.64 Å². The van der Waals surface area contributed by atoms with E-state index in [1.54, 1.807) is 14.1 Å². The Morgan fingerprint density at radius 3 is 2.43 bits per heavy atom. The monoisotopic (exact) mass is 314 g/mol. The Labute approximate surface area is 129 Å². The fraction of sp³-hybridized carbons (Fsp3) is 0.692. The number of ether oxygens (including phenoxy) is 1. The third kappa shape index (κ3) is 4.73. The Balaban J connectivity index is 2.96. The first-order valence-electron chi connectivity index (χ1n) is 6.55. The molecule has 118 valence electrons. The molecule has 0 radical (unpaired) electrons. The van der Waals surface area contributed by atoms with Crippen LogP contribution in [-0.2, 0) is 14.9 Å². The molecule has 0 aliphatic heterocycles. The normalized spacial score (nSPS) is 11.3. The SMILES string of the molecule is COC(=O)CCSc1nc(C(C)(C)C)nn1C(=O)N(C)C. The highest BCUT2D eigenvalue weighted by Crippen LogP contribution is 2.24. The van der Waals surface area contributed by atoms with E-state index in [0.717, 1.165) is 0 Å². The average Bonchev–Trinajstić information content (AvgIpc) is 2.81. The molecule has 1 amide bonds. The first kappa shape index (κ1) is 17.5. The van der Waals surface area contributed by atoms with Crippen LogP contribution in [0.3, 0.4) is 0 Å². The lowest BCUT2D eigenvalue weighted by Gasteiger charge is -2.13. The minimum atomic E-state index is -0.288. The molecule has 8 heteroatoms. The van der Waals surface area contributed by atoms with E-state index in [2.05, 4.69) is 14.8 Å². The predicted molar refractivity (Wildman–Crippen MR) is 80.6 cm³/mol. The summed E-state index contributed by atoms with van der Waals surface area (Å²) >= 11 is 1.31. The molecule has 7 nitrogen and oxygen atoms in total. The van der Waals surface area contributed by atoms with E-state index in [0.29, 0.717) is 16.7 Å². The minimum Gasteiger partial charge on any atom is -0.469 e. The summed E-state index contributed by atoms with van der Waals surface area (Å²) in [6.45, 7) is 5.95. The van der Waals surface area contributed by atoms with Gasteiger partial charge in [-0.05, 0) is 0 Å². The van der Waals surface area contributed by atoms with Crippen molar-refractivity contribution in [2.24, 2.45) is 0 Å². The molecule has 1 aromatic rings. The molecule has 0 spiro atoms. The Morgan fingerprint density at radius 2 is 1.95 bits per heavy atom. The largest absolute Gasteiger partial charge is 0.469 e. The van der Waals surface area contributed by atoms with Gasteiger partial charge in [-0.25, -0.2) is 9.78 Å². The first-order chi connectivity index (χ1) is 9.66. The summed E-state index contributed by atoms with van der Waals surface area (Å²) in [5, 5.41) is 4.79. The van der Waals surface area contributed by atoms with E-state index in [1.807, 2.05) is 20.8 Å². The second-order valence-corrected chi connectivity index (χ2v) is 6.79. The molecule has 0 saturated heterocycles. The molecule has 0 aliphatic rings. The summed E-state index contributed by atoms with van der Waals surface area (Å²) in [6.07, 6.45) is 0.259. The van der Waals surface area contributed by atoms with Gasteiger partial charge in [0.2, 0.25) is 0 Å². The van der Waals surface area contributed by atoms with Crippen molar-refractivity contribution in [2.75, 3.05) is 27.0 Å². The van der Waals surface area contributed by atoms with Gasteiger partial charge in [-0.2, -0.15) is 4.68 Å². The molecular weight excluding hydrogens is 292 g/mol. The molecule has 0 unspecified atom stereocenters. The van der Waals surface area contributed by atoms with Crippen molar-refractivity contribution in [3.05, 3.63) is 5.82 Å². The zero-order chi connectivity index (χ0) is 16.2. The summed E-state index contributed by atoms with van der Waals surface area (Å²) in [5.74, 6) is 0.789. The average molecular weight is 314 g/mol. The van der Waals surface area contributed by atoms with Crippen LogP contribution >= 0.6 is 11.8 Å². The van der Waals surface area contributed by atoms with E-state index < -0.39 is 0 Å². The van der Waals surface area contributed by atoms with Crippen LogP contribution in [0.15, 0.2) is 5.16 Å². The molecule has 0 N–H and O–H groups in total. The van der Waals surface area contributed by atoms with E-state index in [1.165, 1.54) is 28.5 Å². The van der Waals surface area contributed by atoms with Gasteiger partial charge in [-0.1, -0.05) is 32.5 Å². The van der Waals surface area contributed by atoms with Crippen molar-refractivity contribution in [3.63, 3.8) is 0 Å². The second kappa shape index (κ2) is 6.93. The van der Waals surface area contributed by atoms with Crippen molar-refractivity contribution in [3.8, 4) is 0 Å². The number of hydrogen-bond donors (Lipinski definition) is 0.